The van der Waals surface area contributed by atoms with Gasteiger partial charge in [0, 0.05) is 13.7 Å². The fourth-order valence-electron chi connectivity index (χ4n) is 1.13. The molecule has 1 atom stereocenters. The molecule has 1 unspecified atom stereocenters. The Kier molecular flexibility index (Phi) is 7.95. The molecule has 0 saturated carbocycles. The summed E-state index contributed by atoms with van der Waals surface area (Å²) >= 11 is 0. The van der Waals surface area contributed by atoms with E-state index < -0.39 is 0 Å². The van der Waals surface area contributed by atoms with Crippen molar-refractivity contribution in [2.24, 2.45) is 5.92 Å². The maximum Gasteiger partial charge on any atom is 0.234 e. The summed E-state index contributed by atoms with van der Waals surface area (Å²) in [5.74, 6) is 0.362. The van der Waals surface area contributed by atoms with E-state index in [2.05, 4.69) is 31.1 Å². The fraction of sp³-hybridized carbons (Fsp3) is 0.727. The van der Waals surface area contributed by atoms with E-state index in [1.54, 1.807) is 13.2 Å². The van der Waals surface area contributed by atoms with Crippen LogP contribution in [0.4, 0.5) is 0 Å². The van der Waals surface area contributed by atoms with Crippen molar-refractivity contribution in [2.75, 3.05) is 26.8 Å². The van der Waals surface area contributed by atoms with Crippen LogP contribution < -0.4 is 10.6 Å². The topological polar surface area (TPSA) is 50.4 Å². The first-order valence-corrected chi connectivity index (χ1v) is 5.21. The van der Waals surface area contributed by atoms with Gasteiger partial charge in [0.1, 0.15) is 0 Å². The zero-order valence-corrected chi connectivity index (χ0v) is 9.88. The highest BCUT2D eigenvalue weighted by Gasteiger charge is 2.15. The smallest absolute Gasteiger partial charge is 0.234 e. The van der Waals surface area contributed by atoms with Gasteiger partial charge in [-0.2, -0.15) is 0 Å². The Hall–Kier alpha value is -0.870. The van der Waals surface area contributed by atoms with Crippen LogP contribution >= 0.6 is 0 Å². The van der Waals surface area contributed by atoms with Gasteiger partial charge in [-0.3, -0.25) is 4.79 Å². The lowest BCUT2D eigenvalue weighted by atomic mass is 10.1. The minimum atomic E-state index is -0.00685. The summed E-state index contributed by atoms with van der Waals surface area (Å²) in [6.07, 6.45) is 1.72. The van der Waals surface area contributed by atoms with E-state index in [1.807, 2.05) is 0 Å². The van der Waals surface area contributed by atoms with Crippen LogP contribution in [0.15, 0.2) is 12.7 Å². The summed E-state index contributed by atoms with van der Waals surface area (Å²) in [6, 6.07) is 0.0769. The number of carbonyl (C=O) groups excluding carboxylic acids is 1. The normalized spacial score (nSPS) is 12.5. The van der Waals surface area contributed by atoms with Crippen molar-refractivity contribution in [3.63, 3.8) is 0 Å². The summed E-state index contributed by atoms with van der Waals surface area (Å²) in [5.41, 5.74) is 0. The quantitative estimate of drug-likeness (QED) is 0.458. The first-order valence-electron chi connectivity index (χ1n) is 5.21. The van der Waals surface area contributed by atoms with Gasteiger partial charge in [-0.15, -0.1) is 6.58 Å². The first-order chi connectivity index (χ1) is 7.11. The average molecular weight is 214 g/mol. The van der Waals surface area contributed by atoms with Crippen LogP contribution in [0.5, 0.6) is 0 Å². The van der Waals surface area contributed by atoms with Crippen molar-refractivity contribution in [1.29, 1.82) is 0 Å². The monoisotopic (exact) mass is 214 g/mol. The van der Waals surface area contributed by atoms with Crippen LogP contribution in [0, 0.1) is 5.92 Å². The molecule has 15 heavy (non-hydrogen) atoms. The second-order valence-corrected chi connectivity index (χ2v) is 3.79. The minimum absolute atomic E-state index is 0.00685. The van der Waals surface area contributed by atoms with Crippen molar-refractivity contribution in [3.05, 3.63) is 12.7 Å². The summed E-state index contributed by atoms with van der Waals surface area (Å²) < 4.78 is 5.04. The molecule has 4 nitrogen and oxygen atoms in total. The number of methoxy groups -OCH3 is 1. The molecule has 0 heterocycles. The molecule has 0 saturated heterocycles. The predicted molar refractivity (Wildman–Crippen MR) is 61.7 cm³/mol. The lowest BCUT2D eigenvalue weighted by Crippen LogP contribution is -2.45. The predicted octanol–water partition coefficient (Wildman–Crippen LogP) is 0.549. The molecule has 0 radical (unpaired) electrons. The molecular formula is C11H22N2O2. The van der Waals surface area contributed by atoms with Crippen molar-refractivity contribution in [3.8, 4) is 0 Å². The summed E-state index contributed by atoms with van der Waals surface area (Å²) in [6.45, 7) is 9.18. The van der Waals surface area contributed by atoms with E-state index in [-0.39, 0.29) is 11.9 Å². The van der Waals surface area contributed by atoms with E-state index in [0.717, 1.165) is 0 Å². The van der Waals surface area contributed by atoms with Gasteiger partial charge in [-0.25, -0.2) is 0 Å². The number of amides is 1. The van der Waals surface area contributed by atoms with E-state index in [1.165, 1.54) is 0 Å². The Morgan fingerprint density at radius 3 is 2.67 bits per heavy atom. The third-order valence-corrected chi connectivity index (χ3v) is 2.07. The molecule has 0 aliphatic carbocycles. The maximum atomic E-state index is 11.4. The van der Waals surface area contributed by atoms with Gasteiger partial charge in [0.25, 0.3) is 0 Å². The Balaban J connectivity index is 3.83. The van der Waals surface area contributed by atoms with Gasteiger partial charge in [0.2, 0.25) is 5.91 Å². The number of hydrogen-bond acceptors (Lipinski definition) is 3. The zero-order valence-electron chi connectivity index (χ0n) is 9.88. The van der Waals surface area contributed by atoms with E-state index in [9.17, 15) is 4.79 Å². The van der Waals surface area contributed by atoms with Crippen LogP contribution in [0.3, 0.4) is 0 Å². The van der Waals surface area contributed by atoms with Gasteiger partial charge < -0.3 is 15.4 Å². The SMILES string of the molecule is C=CCNCC(=O)NC(COC)C(C)C. The second kappa shape index (κ2) is 8.44. The zero-order chi connectivity index (χ0) is 11.7. The highest BCUT2D eigenvalue weighted by molar-refractivity contribution is 5.78. The van der Waals surface area contributed by atoms with Gasteiger partial charge in [-0.1, -0.05) is 19.9 Å². The van der Waals surface area contributed by atoms with Crippen LogP contribution in [-0.4, -0.2) is 38.8 Å². The van der Waals surface area contributed by atoms with Crippen LogP contribution in [0.1, 0.15) is 13.8 Å². The summed E-state index contributed by atoms with van der Waals surface area (Å²) in [7, 11) is 1.64. The van der Waals surface area contributed by atoms with E-state index >= 15 is 0 Å². The Morgan fingerprint density at radius 1 is 1.53 bits per heavy atom. The van der Waals surface area contributed by atoms with Crippen LogP contribution in [0.25, 0.3) is 0 Å². The Morgan fingerprint density at radius 2 is 2.20 bits per heavy atom. The summed E-state index contributed by atoms with van der Waals surface area (Å²) in [5, 5.41) is 5.87. The van der Waals surface area contributed by atoms with Crippen LogP contribution in [-0.2, 0) is 9.53 Å². The van der Waals surface area contributed by atoms with Crippen molar-refractivity contribution < 1.29 is 9.53 Å². The number of carbonyl (C=O) groups is 1. The van der Waals surface area contributed by atoms with Gasteiger partial charge >= 0.3 is 0 Å². The molecular weight excluding hydrogens is 192 g/mol. The number of ether oxygens (including phenoxy) is 1. The lowest BCUT2D eigenvalue weighted by molar-refractivity contribution is -0.121. The van der Waals surface area contributed by atoms with Crippen molar-refractivity contribution in [2.45, 2.75) is 19.9 Å². The Bertz CT molecular complexity index is 193. The lowest BCUT2D eigenvalue weighted by Gasteiger charge is -2.21. The molecule has 0 fully saturated rings. The molecule has 0 aliphatic heterocycles. The third kappa shape index (κ3) is 7.11. The molecule has 2 N–H and O–H groups in total. The molecule has 0 aromatic heterocycles. The van der Waals surface area contributed by atoms with E-state index in [0.29, 0.717) is 25.6 Å². The minimum Gasteiger partial charge on any atom is -0.383 e. The average Bonchev–Trinajstić information content (AvgIpc) is 2.17. The fourth-order valence-corrected chi connectivity index (χ4v) is 1.13. The standard InChI is InChI=1S/C11H22N2O2/c1-5-6-12-7-11(14)13-10(8-15-4)9(2)3/h5,9-10,12H,1,6-8H2,2-4H3,(H,13,14). The summed E-state index contributed by atoms with van der Waals surface area (Å²) in [4.78, 5) is 11.4. The molecule has 0 aromatic carbocycles. The number of nitrogens with one attached hydrogen (secondary N) is 2. The maximum absolute atomic E-state index is 11.4. The number of hydrogen-bond donors (Lipinski definition) is 2. The Labute approximate surface area is 92.1 Å². The molecule has 88 valence electrons. The third-order valence-electron chi connectivity index (χ3n) is 2.07. The largest absolute Gasteiger partial charge is 0.383 e. The molecule has 0 bridgehead atoms. The van der Waals surface area contributed by atoms with Crippen molar-refractivity contribution >= 4 is 5.91 Å². The molecule has 4 heteroatoms. The van der Waals surface area contributed by atoms with Gasteiger partial charge in [-0.05, 0) is 5.92 Å². The second-order valence-electron chi connectivity index (χ2n) is 3.79. The van der Waals surface area contributed by atoms with E-state index in [4.69, 9.17) is 4.74 Å². The molecule has 0 aliphatic rings. The molecule has 1 amide bonds. The van der Waals surface area contributed by atoms with Crippen LogP contribution in [0.2, 0.25) is 0 Å². The highest BCUT2D eigenvalue weighted by atomic mass is 16.5. The van der Waals surface area contributed by atoms with Gasteiger partial charge in [0.15, 0.2) is 0 Å². The van der Waals surface area contributed by atoms with Gasteiger partial charge in [0.05, 0.1) is 19.2 Å². The first kappa shape index (κ1) is 14.1. The molecule has 0 spiro atoms. The molecule has 0 rings (SSSR count). The molecule has 0 aromatic rings. The highest BCUT2D eigenvalue weighted by Crippen LogP contribution is 2.01. The van der Waals surface area contributed by atoms with Crippen molar-refractivity contribution in [1.82, 2.24) is 10.6 Å². The number of rotatable bonds is 8.